The van der Waals surface area contributed by atoms with E-state index in [1.807, 2.05) is 0 Å². The van der Waals surface area contributed by atoms with Crippen molar-refractivity contribution >= 4 is 6.09 Å². The lowest BCUT2D eigenvalue weighted by molar-refractivity contribution is -0.137. The molecule has 1 amide bonds. The molecule has 18 heavy (non-hydrogen) atoms. The quantitative estimate of drug-likeness (QED) is 0.791. The van der Waals surface area contributed by atoms with Gasteiger partial charge in [-0.25, -0.2) is 9.18 Å². The molecule has 2 rings (SSSR count). The SMILES string of the molecule is O=C(O)N1CC(c2ccc(C(F)(F)F)cc2F)C1. The Morgan fingerprint density at radius 1 is 1.33 bits per heavy atom. The van der Waals surface area contributed by atoms with E-state index in [2.05, 4.69) is 0 Å². The van der Waals surface area contributed by atoms with E-state index in [-0.39, 0.29) is 24.6 Å². The molecule has 98 valence electrons. The van der Waals surface area contributed by atoms with Gasteiger partial charge in [-0.05, 0) is 17.7 Å². The molecule has 1 heterocycles. The minimum absolute atomic E-state index is 0.109. The van der Waals surface area contributed by atoms with Crippen LogP contribution in [-0.2, 0) is 6.18 Å². The molecule has 0 aliphatic carbocycles. The van der Waals surface area contributed by atoms with Crippen molar-refractivity contribution in [2.75, 3.05) is 13.1 Å². The average molecular weight is 263 g/mol. The van der Waals surface area contributed by atoms with E-state index in [0.717, 1.165) is 17.0 Å². The summed E-state index contributed by atoms with van der Waals surface area (Å²) < 4.78 is 50.4. The van der Waals surface area contributed by atoms with Gasteiger partial charge in [0.2, 0.25) is 0 Å². The Morgan fingerprint density at radius 3 is 2.39 bits per heavy atom. The van der Waals surface area contributed by atoms with Gasteiger partial charge >= 0.3 is 12.3 Å². The van der Waals surface area contributed by atoms with Crippen molar-refractivity contribution in [3.8, 4) is 0 Å². The van der Waals surface area contributed by atoms with Gasteiger partial charge in [0.1, 0.15) is 5.82 Å². The number of likely N-dealkylation sites (tertiary alicyclic amines) is 1. The van der Waals surface area contributed by atoms with E-state index in [1.54, 1.807) is 0 Å². The van der Waals surface area contributed by atoms with Gasteiger partial charge in [-0.3, -0.25) is 0 Å². The van der Waals surface area contributed by atoms with Crippen molar-refractivity contribution in [1.82, 2.24) is 4.90 Å². The first-order chi connectivity index (χ1) is 8.29. The number of carboxylic acid groups (broad SMARTS) is 1. The Morgan fingerprint density at radius 2 is 1.94 bits per heavy atom. The summed E-state index contributed by atoms with van der Waals surface area (Å²) in [6.07, 6.45) is -5.69. The lowest BCUT2D eigenvalue weighted by Gasteiger charge is -2.37. The molecule has 1 aliphatic heterocycles. The van der Waals surface area contributed by atoms with Crippen LogP contribution in [0.4, 0.5) is 22.4 Å². The monoisotopic (exact) mass is 263 g/mol. The van der Waals surface area contributed by atoms with Crippen LogP contribution in [-0.4, -0.2) is 29.2 Å². The molecule has 1 fully saturated rings. The van der Waals surface area contributed by atoms with Crippen LogP contribution in [0.1, 0.15) is 17.0 Å². The van der Waals surface area contributed by atoms with Crippen LogP contribution in [0.25, 0.3) is 0 Å². The van der Waals surface area contributed by atoms with Crippen molar-refractivity contribution in [3.05, 3.63) is 35.1 Å². The van der Waals surface area contributed by atoms with Crippen LogP contribution >= 0.6 is 0 Å². The first-order valence-corrected chi connectivity index (χ1v) is 5.13. The second-order valence-electron chi connectivity index (χ2n) is 4.12. The first-order valence-electron chi connectivity index (χ1n) is 5.13. The molecule has 1 aromatic rings. The minimum Gasteiger partial charge on any atom is -0.465 e. The first kappa shape index (κ1) is 12.7. The molecule has 1 aromatic carbocycles. The number of hydrogen-bond acceptors (Lipinski definition) is 1. The maximum absolute atomic E-state index is 13.5. The van der Waals surface area contributed by atoms with E-state index in [9.17, 15) is 22.4 Å². The van der Waals surface area contributed by atoms with Crippen LogP contribution in [0, 0.1) is 5.82 Å². The van der Waals surface area contributed by atoms with Gasteiger partial charge in [0.15, 0.2) is 0 Å². The molecule has 0 atom stereocenters. The van der Waals surface area contributed by atoms with Crippen LogP contribution in [0.3, 0.4) is 0 Å². The second-order valence-corrected chi connectivity index (χ2v) is 4.12. The molecule has 0 aromatic heterocycles. The van der Waals surface area contributed by atoms with Crippen molar-refractivity contribution in [3.63, 3.8) is 0 Å². The number of rotatable bonds is 1. The molecule has 7 heteroatoms. The van der Waals surface area contributed by atoms with Crippen LogP contribution in [0.5, 0.6) is 0 Å². The number of amides is 1. The Bertz CT molecular complexity index is 480. The fourth-order valence-electron chi connectivity index (χ4n) is 1.87. The summed E-state index contributed by atoms with van der Waals surface area (Å²) in [5, 5.41) is 8.60. The van der Waals surface area contributed by atoms with Gasteiger partial charge in [0.05, 0.1) is 5.56 Å². The largest absolute Gasteiger partial charge is 0.465 e. The predicted molar refractivity (Wildman–Crippen MR) is 53.7 cm³/mol. The van der Waals surface area contributed by atoms with Gasteiger partial charge in [-0.15, -0.1) is 0 Å². The highest BCUT2D eigenvalue weighted by Gasteiger charge is 2.35. The molecule has 1 aliphatic rings. The molecule has 0 bridgehead atoms. The second kappa shape index (κ2) is 4.15. The number of nitrogens with zero attached hydrogens (tertiary/aromatic N) is 1. The topological polar surface area (TPSA) is 40.5 Å². The Labute approximate surface area is 99.6 Å². The maximum atomic E-state index is 13.5. The molecule has 0 saturated carbocycles. The summed E-state index contributed by atoms with van der Waals surface area (Å²) in [6, 6.07) is 2.32. The third-order valence-electron chi connectivity index (χ3n) is 2.92. The zero-order valence-electron chi connectivity index (χ0n) is 9.04. The predicted octanol–water partition coefficient (Wildman–Crippen LogP) is 2.92. The van der Waals surface area contributed by atoms with E-state index in [4.69, 9.17) is 5.11 Å². The van der Waals surface area contributed by atoms with Crippen LogP contribution in [0.15, 0.2) is 18.2 Å². The number of hydrogen-bond donors (Lipinski definition) is 1. The molecular formula is C11H9F4NO2. The van der Waals surface area contributed by atoms with Gasteiger partial charge in [-0.2, -0.15) is 13.2 Å². The summed E-state index contributed by atoms with van der Waals surface area (Å²) in [5.41, 5.74) is -0.918. The number of benzene rings is 1. The fraction of sp³-hybridized carbons (Fsp3) is 0.364. The lowest BCUT2D eigenvalue weighted by Crippen LogP contribution is -2.48. The number of halogens is 4. The van der Waals surface area contributed by atoms with Gasteiger partial charge < -0.3 is 10.0 Å². The normalized spacial score (nSPS) is 16.6. The van der Waals surface area contributed by atoms with Gasteiger partial charge in [-0.1, -0.05) is 6.07 Å². The lowest BCUT2D eigenvalue weighted by atomic mass is 9.90. The van der Waals surface area contributed by atoms with Gasteiger partial charge in [0, 0.05) is 19.0 Å². The summed E-state index contributed by atoms with van der Waals surface area (Å²) in [4.78, 5) is 11.6. The molecule has 0 unspecified atom stereocenters. The molecule has 0 radical (unpaired) electrons. The van der Waals surface area contributed by atoms with Crippen LogP contribution < -0.4 is 0 Å². The summed E-state index contributed by atoms with van der Waals surface area (Å²) in [6.45, 7) is 0.217. The third kappa shape index (κ3) is 2.25. The molecule has 0 spiro atoms. The molecule has 3 nitrogen and oxygen atoms in total. The minimum atomic E-state index is -4.58. The van der Waals surface area contributed by atoms with Crippen molar-refractivity contribution < 1.29 is 27.5 Å². The Kier molecular flexibility index (Phi) is 2.92. The zero-order chi connectivity index (χ0) is 13.5. The Hall–Kier alpha value is -1.79. The smallest absolute Gasteiger partial charge is 0.416 e. The highest BCUT2D eigenvalue weighted by Crippen LogP contribution is 2.34. The summed E-state index contributed by atoms with van der Waals surface area (Å²) in [7, 11) is 0. The molecular weight excluding hydrogens is 254 g/mol. The number of alkyl halides is 3. The third-order valence-corrected chi connectivity index (χ3v) is 2.92. The van der Waals surface area contributed by atoms with E-state index >= 15 is 0 Å². The molecule has 1 N–H and O–H groups in total. The number of carbonyl (C=O) groups is 1. The average Bonchev–Trinajstić information content (AvgIpc) is 2.15. The van der Waals surface area contributed by atoms with E-state index in [0.29, 0.717) is 6.07 Å². The van der Waals surface area contributed by atoms with Crippen molar-refractivity contribution in [1.29, 1.82) is 0 Å². The summed E-state index contributed by atoms with van der Waals surface area (Å²) >= 11 is 0. The van der Waals surface area contributed by atoms with E-state index in [1.165, 1.54) is 0 Å². The summed E-state index contributed by atoms with van der Waals surface area (Å²) in [5.74, 6) is -1.32. The highest BCUT2D eigenvalue weighted by molar-refractivity contribution is 5.66. The molecule has 1 saturated heterocycles. The van der Waals surface area contributed by atoms with Crippen molar-refractivity contribution in [2.45, 2.75) is 12.1 Å². The van der Waals surface area contributed by atoms with Crippen molar-refractivity contribution in [2.24, 2.45) is 0 Å². The maximum Gasteiger partial charge on any atom is 0.416 e. The van der Waals surface area contributed by atoms with E-state index < -0.39 is 23.7 Å². The van der Waals surface area contributed by atoms with Gasteiger partial charge in [0.25, 0.3) is 0 Å². The Balaban J connectivity index is 2.15. The standard InChI is InChI=1S/C11H9F4NO2/c12-9-3-7(11(13,14)15)1-2-8(9)6-4-16(5-6)10(17)18/h1-3,6H,4-5H2,(H,17,18). The zero-order valence-corrected chi connectivity index (χ0v) is 9.04. The highest BCUT2D eigenvalue weighted by atomic mass is 19.4. The fourth-order valence-corrected chi connectivity index (χ4v) is 1.87. The van der Waals surface area contributed by atoms with Crippen LogP contribution in [0.2, 0.25) is 0 Å².